The number of nitrogens with zero attached hydrogens (tertiary/aromatic N) is 2. The molecule has 2 aromatic rings. The SMILES string of the molecule is Cc1cc([C@@H](C)NC(=O)NC[C@@](C)(O)c2cnn(C)c2)c(C)s1. The Balaban J connectivity index is 1.91. The highest BCUT2D eigenvalue weighted by Gasteiger charge is 2.25. The van der Waals surface area contributed by atoms with Crippen molar-refractivity contribution in [2.45, 2.75) is 39.3 Å². The molecule has 0 aliphatic carbocycles. The molecule has 0 aromatic carbocycles. The Morgan fingerprint density at radius 3 is 2.74 bits per heavy atom. The number of aliphatic hydroxyl groups is 1. The monoisotopic (exact) mass is 336 g/mol. The lowest BCUT2D eigenvalue weighted by molar-refractivity contribution is 0.0592. The molecular weight excluding hydrogens is 312 g/mol. The molecule has 0 radical (unpaired) electrons. The van der Waals surface area contributed by atoms with Crippen LogP contribution in [0.3, 0.4) is 0 Å². The summed E-state index contributed by atoms with van der Waals surface area (Å²) in [5.41, 5.74) is 0.628. The fraction of sp³-hybridized carbons (Fsp3) is 0.500. The molecule has 0 saturated heterocycles. The molecular formula is C16H24N4O2S. The third-order valence-electron chi connectivity index (χ3n) is 3.81. The predicted octanol–water partition coefficient (Wildman–Crippen LogP) is 2.37. The van der Waals surface area contributed by atoms with Gasteiger partial charge in [-0.05, 0) is 39.3 Å². The number of hydrogen-bond donors (Lipinski definition) is 3. The molecule has 2 amide bonds. The minimum Gasteiger partial charge on any atom is -0.383 e. The van der Waals surface area contributed by atoms with Crippen LogP contribution in [0, 0.1) is 13.8 Å². The van der Waals surface area contributed by atoms with Gasteiger partial charge in [0, 0.05) is 28.6 Å². The van der Waals surface area contributed by atoms with Gasteiger partial charge in [0.2, 0.25) is 0 Å². The van der Waals surface area contributed by atoms with Gasteiger partial charge >= 0.3 is 6.03 Å². The molecule has 0 spiro atoms. The topological polar surface area (TPSA) is 79.2 Å². The second-order valence-electron chi connectivity index (χ2n) is 6.09. The van der Waals surface area contributed by atoms with E-state index in [0.717, 1.165) is 5.56 Å². The van der Waals surface area contributed by atoms with Gasteiger partial charge in [0.05, 0.1) is 18.8 Å². The maximum atomic E-state index is 12.1. The summed E-state index contributed by atoms with van der Waals surface area (Å²) in [4.78, 5) is 14.5. The minimum absolute atomic E-state index is 0.0803. The van der Waals surface area contributed by atoms with Gasteiger partial charge in [-0.3, -0.25) is 4.68 Å². The van der Waals surface area contributed by atoms with Gasteiger partial charge in [-0.25, -0.2) is 4.79 Å². The third kappa shape index (κ3) is 4.33. The highest BCUT2D eigenvalue weighted by Crippen LogP contribution is 2.26. The van der Waals surface area contributed by atoms with Gasteiger partial charge in [-0.15, -0.1) is 11.3 Å². The van der Waals surface area contributed by atoms with Crippen LogP contribution in [-0.2, 0) is 12.6 Å². The Hall–Kier alpha value is -1.86. The molecule has 0 fully saturated rings. The standard InChI is InChI=1S/C16H24N4O2S/c1-10-6-14(12(3)23-10)11(2)19-15(21)17-9-16(4,22)13-7-18-20(5)8-13/h6-8,11,22H,9H2,1-5H3,(H2,17,19,21)/t11-,16-/m1/s1. The molecule has 7 heteroatoms. The zero-order chi connectivity index (χ0) is 17.2. The van der Waals surface area contributed by atoms with Crippen molar-refractivity contribution in [3.05, 3.63) is 39.3 Å². The zero-order valence-electron chi connectivity index (χ0n) is 14.2. The minimum atomic E-state index is -1.16. The molecule has 23 heavy (non-hydrogen) atoms. The highest BCUT2D eigenvalue weighted by molar-refractivity contribution is 7.12. The first-order chi connectivity index (χ1) is 10.7. The van der Waals surface area contributed by atoms with Crippen LogP contribution in [0.2, 0.25) is 0 Å². The second-order valence-corrected chi connectivity index (χ2v) is 7.55. The number of carbonyl (C=O) groups is 1. The van der Waals surface area contributed by atoms with Crippen molar-refractivity contribution >= 4 is 17.4 Å². The summed E-state index contributed by atoms with van der Waals surface area (Å²) in [6.07, 6.45) is 3.33. The van der Waals surface area contributed by atoms with E-state index in [1.807, 2.05) is 6.92 Å². The van der Waals surface area contributed by atoms with Crippen molar-refractivity contribution in [3.63, 3.8) is 0 Å². The van der Waals surface area contributed by atoms with E-state index >= 15 is 0 Å². The second kappa shape index (κ2) is 6.72. The van der Waals surface area contributed by atoms with Crippen LogP contribution in [0.15, 0.2) is 18.5 Å². The van der Waals surface area contributed by atoms with E-state index in [1.165, 1.54) is 9.75 Å². The number of aromatic nitrogens is 2. The van der Waals surface area contributed by atoms with E-state index in [2.05, 4.69) is 35.6 Å². The summed E-state index contributed by atoms with van der Waals surface area (Å²) in [6, 6.07) is 1.71. The Morgan fingerprint density at radius 1 is 1.52 bits per heavy atom. The normalized spacial score (nSPS) is 15.0. The summed E-state index contributed by atoms with van der Waals surface area (Å²) in [5.74, 6) is 0. The molecule has 0 saturated carbocycles. The average Bonchev–Trinajstić information content (AvgIpc) is 3.03. The van der Waals surface area contributed by atoms with Crippen molar-refractivity contribution in [1.29, 1.82) is 0 Å². The molecule has 2 rings (SSSR count). The number of hydrogen-bond acceptors (Lipinski definition) is 4. The molecule has 126 valence electrons. The van der Waals surface area contributed by atoms with Crippen LogP contribution in [0.1, 0.15) is 40.8 Å². The zero-order valence-corrected chi connectivity index (χ0v) is 15.0. The van der Waals surface area contributed by atoms with Gasteiger partial charge in [-0.1, -0.05) is 0 Å². The molecule has 2 heterocycles. The Morgan fingerprint density at radius 2 is 2.22 bits per heavy atom. The summed E-state index contributed by atoms with van der Waals surface area (Å²) in [7, 11) is 1.78. The summed E-state index contributed by atoms with van der Waals surface area (Å²) < 4.78 is 1.62. The van der Waals surface area contributed by atoms with E-state index in [0.29, 0.717) is 5.56 Å². The number of urea groups is 1. The first kappa shape index (κ1) is 17.5. The van der Waals surface area contributed by atoms with Crippen LogP contribution in [0.5, 0.6) is 0 Å². The molecule has 3 N–H and O–H groups in total. The number of carbonyl (C=O) groups excluding carboxylic acids is 1. The van der Waals surface area contributed by atoms with Crippen LogP contribution < -0.4 is 10.6 Å². The summed E-state index contributed by atoms with van der Waals surface area (Å²) in [5, 5.41) is 20.1. The average molecular weight is 336 g/mol. The Kier molecular flexibility index (Phi) is 5.11. The molecule has 2 aromatic heterocycles. The number of rotatable bonds is 5. The van der Waals surface area contributed by atoms with Crippen molar-refractivity contribution in [1.82, 2.24) is 20.4 Å². The largest absolute Gasteiger partial charge is 0.383 e. The van der Waals surface area contributed by atoms with Crippen LogP contribution in [-0.4, -0.2) is 27.5 Å². The molecule has 0 aliphatic rings. The van der Waals surface area contributed by atoms with Gasteiger partial charge in [0.1, 0.15) is 5.60 Å². The number of aryl methyl sites for hydroxylation is 3. The van der Waals surface area contributed by atoms with Crippen molar-refractivity contribution in [2.75, 3.05) is 6.54 Å². The van der Waals surface area contributed by atoms with Crippen molar-refractivity contribution in [3.8, 4) is 0 Å². The fourth-order valence-corrected chi connectivity index (χ4v) is 3.48. The number of nitrogens with one attached hydrogen (secondary N) is 2. The first-order valence-electron chi connectivity index (χ1n) is 7.52. The molecule has 0 aliphatic heterocycles. The van der Waals surface area contributed by atoms with Gasteiger partial charge in [0.25, 0.3) is 0 Å². The first-order valence-corrected chi connectivity index (χ1v) is 8.33. The molecule has 6 nitrogen and oxygen atoms in total. The molecule has 0 bridgehead atoms. The van der Waals surface area contributed by atoms with Crippen molar-refractivity contribution < 1.29 is 9.90 Å². The van der Waals surface area contributed by atoms with Gasteiger partial charge in [0.15, 0.2) is 0 Å². The molecule has 0 unspecified atom stereocenters. The van der Waals surface area contributed by atoms with E-state index in [1.54, 1.807) is 42.4 Å². The highest BCUT2D eigenvalue weighted by atomic mass is 32.1. The Labute approximate surface area is 140 Å². The molecule has 2 atom stereocenters. The van der Waals surface area contributed by atoms with E-state index < -0.39 is 5.60 Å². The fourth-order valence-electron chi connectivity index (χ4n) is 2.46. The maximum absolute atomic E-state index is 12.1. The number of thiophene rings is 1. The van der Waals surface area contributed by atoms with E-state index in [-0.39, 0.29) is 18.6 Å². The van der Waals surface area contributed by atoms with Gasteiger partial charge in [-0.2, -0.15) is 5.10 Å². The lowest BCUT2D eigenvalue weighted by Gasteiger charge is -2.23. The van der Waals surface area contributed by atoms with Crippen molar-refractivity contribution in [2.24, 2.45) is 7.05 Å². The van der Waals surface area contributed by atoms with E-state index in [9.17, 15) is 9.90 Å². The summed E-state index contributed by atoms with van der Waals surface area (Å²) >= 11 is 1.72. The summed E-state index contributed by atoms with van der Waals surface area (Å²) in [6.45, 7) is 7.82. The van der Waals surface area contributed by atoms with Crippen LogP contribution in [0.4, 0.5) is 4.79 Å². The maximum Gasteiger partial charge on any atom is 0.315 e. The third-order valence-corrected chi connectivity index (χ3v) is 4.80. The van der Waals surface area contributed by atoms with E-state index in [4.69, 9.17) is 0 Å². The van der Waals surface area contributed by atoms with Crippen LogP contribution in [0.25, 0.3) is 0 Å². The predicted molar refractivity (Wildman–Crippen MR) is 91.5 cm³/mol. The quantitative estimate of drug-likeness (QED) is 0.784. The van der Waals surface area contributed by atoms with Gasteiger partial charge < -0.3 is 15.7 Å². The Bertz CT molecular complexity index is 690. The lowest BCUT2D eigenvalue weighted by Crippen LogP contribution is -2.44. The lowest BCUT2D eigenvalue weighted by atomic mass is 10.00. The van der Waals surface area contributed by atoms with Crippen LogP contribution >= 0.6 is 11.3 Å². The number of amides is 2. The smallest absolute Gasteiger partial charge is 0.315 e.